The molecule has 1 aliphatic rings. The van der Waals surface area contributed by atoms with E-state index in [9.17, 15) is 13.2 Å². The van der Waals surface area contributed by atoms with E-state index in [1.165, 1.54) is 26.4 Å². The lowest BCUT2D eigenvalue weighted by atomic mass is 10.0. The van der Waals surface area contributed by atoms with Crippen LogP contribution in [0.15, 0.2) is 18.2 Å². The lowest BCUT2D eigenvalue weighted by Gasteiger charge is -2.23. The summed E-state index contributed by atoms with van der Waals surface area (Å²) in [6.07, 6.45) is -3.41. The summed E-state index contributed by atoms with van der Waals surface area (Å²) in [7, 11) is 2.64. The number of halogens is 3. The highest BCUT2D eigenvalue weighted by Crippen LogP contribution is 2.38. The number of anilines is 1. The van der Waals surface area contributed by atoms with Crippen LogP contribution in [0, 0.1) is 0 Å². The maximum Gasteiger partial charge on any atom is 0.416 e. The first-order valence-electron chi connectivity index (χ1n) is 6.49. The zero-order chi connectivity index (χ0) is 14.8. The Morgan fingerprint density at radius 2 is 1.70 bits per heavy atom. The molecule has 0 saturated carbocycles. The first kappa shape index (κ1) is 15.1. The van der Waals surface area contributed by atoms with E-state index in [0.29, 0.717) is 5.69 Å². The smallest absolute Gasteiger partial charge is 0.372 e. The molecular weight excluding hydrogens is 271 g/mol. The average molecular weight is 289 g/mol. The van der Waals surface area contributed by atoms with Crippen LogP contribution in [-0.2, 0) is 15.7 Å². The fourth-order valence-electron chi connectivity index (χ4n) is 2.52. The molecule has 20 heavy (non-hydrogen) atoms. The van der Waals surface area contributed by atoms with E-state index in [1.807, 2.05) is 4.90 Å². The molecule has 0 amide bonds. The molecule has 0 radical (unpaired) electrons. The third-order valence-corrected chi connectivity index (χ3v) is 3.50. The number of benzene rings is 1. The van der Waals surface area contributed by atoms with Gasteiger partial charge in [0.2, 0.25) is 0 Å². The maximum atomic E-state index is 13.2. The number of rotatable bonds is 4. The summed E-state index contributed by atoms with van der Waals surface area (Å²) >= 11 is 0. The number of hydrogen-bond donors (Lipinski definition) is 0. The molecule has 1 aliphatic heterocycles. The van der Waals surface area contributed by atoms with E-state index in [2.05, 4.69) is 0 Å². The normalized spacial score (nSPS) is 16.2. The first-order valence-corrected chi connectivity index (χ1v) is 6.49. The molecule has 0 spiro atoms. The van der Waals surface area contributed by atoms with E-state index in [1.54, 1.807) is 6.07 Å². The number of hydrogen-bond acceptors (Lipinski definition) is 3. The van der Waals surface area contributed by atoms with Crippen molar-refractivity contribution in [3.05, 3.63) is 29.3 Å². The molecule has 3 nitrogen and oxygen atoms in total. The Morgan fingerprint density at radius 3 is 2.20 bits per heavy atom. The van der Waals surface area contributed by atoms with Gasteiger partial charge in [0.1, 0.15) is 0 Å². The highest BCUT2D eigenvalue weighted by atomic mass is 19.4. The molecule has 0 atom stereocenters. The molecule has 0 aromatic heterocycles. The van der Waals surface area contributed by atoms with Crippen LogP contribution in [0.1, 0.15) is 30.3 Å². The quantitative estimate of drug-likeness (QED) is 0.791. The third-order valence-electron chi connectivity index (χ3n) is 3.50. The predicted molar refractivity (Wildman–Crippen MR) is 69.7 cm³/mol. The van der Waals surface area contributed by atoms with Crippen molar-refractivity contribution < 1.29 is 22.6 Å². The molecular formula is C14H18F3NO2. The molecule has 6 heteroatoms. The first-order chi connectivity index (χ1) is 9.47. The van der Waals surface area contributed by atoms with Crippen molar-refractivity contribution in [2.24, 2.45) is 0 Å². The monoisotopic (exact) mass is 289 g/mol. The highest BCUT2D eigenvalue weighted by Gasteiger charge is 2.36. The topological polar surface area (TPSA) is 21.7 Å². The summed E-state index contributed by atoms with van der Waals surface area (Å²) in [5.41, 5.74) is -0.0921. The molecule has 0 aliphatic carbocycles. The Labute approximate surface area is 116 Å². The molecule has 1 saturated heterocycles. The van der Waals surface area contributed by atoms with Crippen LogP contribution >= 0.6 is 0 Å². The molecule has 112 valence electrons. The van der Waals surface area contributed by atoms with Crippen LogP contribution in [-0.4, -0.2) is 27.3 Å². The van der Waals surface area contributed by atoms with E-state index < -0.39 is 18.0 Å². The molecule has 0 bridgehead atoms. The summed E-state index contributed by atoms with van der Waals surface area (Å²) in [6, 6.07) is 4.32. The van der Waals surface area contributed by atoms with Crippen LogP contribution in [0.2, 0.25) is 0 Å². The largest absolute Gasteiger partial charge is 0.416 e. The average Bonchev–Trinajstić information content (AvgIpc) is 2.93. The van der Waals surface area contributed by atoms with Crippen molar-refractivity contribution in [3.63, 3.8) is 0 Å². The minimum Gasteiger partial charge on any atom is -0.372 e. The number of methoxy groups -OCH3 is 2. The van der Waals surface area contributed by atoms with Crippen LogP contribution < -0.4 is 4.90 Å². The van der Waals surface area contributed by atoms with Gasteiger partial charge in [0.15, 0.2) is 6.29 Å². The van der Waals surface area contributed by atoms with Gasteiger partial charge < -0.3 is 14.4 Å². The summed E-state index contributed by atoms with van der Waals surface area (Å²) in [6.45, 7) is 1.60. The minimum absolute atomic E-state index is 0.00504. The molecule has 0 unspecified atom stereocenters. The fraction of sp³-hybridized carbons (Fsp3) is 0.571. The molecule has 1 aromatic rings. The van der Waals surface area contributed by atoms with Crippen LogP contribution in [0.3, 0.4) is 0 Å². The van der Waals surface area contributed by atoms with Crippen molar-refractivity contribution in [3.8, 4) is 0 Å². The standard InChI is InChI=1S/C14H18F3NO2/c1-19-13(20-2)11-6-5-10(18-7-3-4-8-18)9-12(11)14(15,16)17/h5-6,9,13H,3-4,7-8H2,1-2H3. The van der Waals surface area contributed by atoms with Crippen molar-refractivity contribution in [1.29, 1.82) is 0 Å². The second-order valence-electron chi connectivity index (χ2n) is 4.77. The number of alkyl halides is 3. The van der Waals surface area contributed by atoms with Gasteiger partial charge in [0, 0.05) is 38.6 Å². The Bertz CT molecular complexity index is 452. The van der Waals surface area contributed by atoms with Gasteiger partial charge in [0.05, 0.1) is 5.56 Å². The van der Waals surface area contributed by atoms with Crippen molar-refractivity contribution >= 4 is 5.69 Å². The van der Waals surface area contributed by atoms with Crippen molar-refractivity contribution in [2.75, 3.05) is 32.2 Å². The van der Waals surface area contributed by atoms with Crippen LogP contribution in [0.25, 0.3) is 0 Å². The van der Waals surface area contributed by atoms with Gasteiger partial charge in [-0.05, 0) is 25.0 Å². The zero-order valence-electron chi connectivity index (χ0n) is 11.5. The summed E-state index contributed by atoms with van der Waals surface area (Å²) < 4.78 is 49.6. The van der Waals surface area contributed by atoms with Gasteiger partial charge >= 0.3 is 6.18 Å². The summed E-state index contributed by atoms with van der Waals surface area (Å²) in [4.78, 5) is 1.97. The van der Waals surface area contributed by atoms with E-state index >= 15 is 0 Å². The fourth-order valence-corrected chi connectivity index (χ4v) is 2.52. The SMILES string of the molecule is COC(OC)c1ccc(N2CCCC2)cc1C(F)(F)F. The maximum absolute atomic E-state index is 13.2. The lowest BCUT2D eigenvalue weighted by molar-refractivity contribution is -0.147. The van der Waals surface area contributed by atoms with Crippen LogP contribution in [0.5, 0.6) is 0 Å². The molecule has 2 rings (SSSR count). The van der Waals surface area contributed by atoms with Crippen molar-refractivity contribution in [1.82, 2.24) is 0 Å². The Morgan fingerprint density at radius 1 is 1.10 bits per heavy atom. The molecule has 1 aromatic carbocycles. The Kier molecular flexibility index (Phi) is 4.55. The molecule has 1 fully saturated rings. The summed E-state index contributed by atoms with van der Waals surface area (Å²) in [5.74, 6) is 0. The molecule has 1 heterocycles. The zero-order valence-corrected chi connectivity index (χ0v) is 11.5. The number of ether oxygens (including phenoxy) is 2. The Balaban J connectivity index is 2.42. The lowest BCUT2D eigenvalue weighted by Crippen LogP contribution is -2.20. The van der Waals surface area contributed by atoms with Gasteiger partial charge in [0.25, 0.3) is 0 Å². The van der Waals surface area contributed by atoms with Crippen LogP contribution in [0.4, 0.5) is 18.9 Å². The van der Waals surface area contributed by atoms with E-state index in [0.717, 1.165) is 25.9 Å². The van der Waals surface area contributed by atoms with Gasteiger partial charge in [-0.2, -0.15) is 13.2 Å². The van der Waals surface area contributed by atoms with Gasteiger partial charge in [-0.15, -0.1) is 0 Å². The van der Waals surface area contributed by atoms with Gasteiger partial charge in [-0.3, -0.25) is 0 Å². The van der Waals surface area contributed by atoms with E-state index in [-0.39, 0.29) is 5.56 Å². The minimum atomic E-state index is -4.43. The van der Waals surface area contributed by atoms with Gasteiger partial charge in [-0.25, -0.2) is 0 Å². The number of nitrogens with zero attached hydrogens (tertiary/aromatic N) is 1. The highest BCUT2D eigenvalue weighted by molar-refractivity contribution is 5.52. The predicted octanol–water partition coefficient (Wildman–Crippen LogP) is 3.60. The Hall–Kier alpha value is -1.27. The van der Waals surface area contributed by atoms with E-state index in [4.69, 9.17) is 9.47 Å². The third kappa shape index (κ3) is 3.07. The van der Waals surface area contributed by atoms with Crippen molar-refractivity contribution in [2.45, 2.75) is 25.3 Å². The van der Waals surface area contributed by atoms with Gasteiger partial charge in [-0.1, -0.05) is 6.07 Å². The second kappa shape index (κ2) is 6.01. The second-order valence-corrected chi connectivity index (χ2v) is 4.77. The molecule has 0 N–H and O–H groups in total. The summed E-state index contributed by atoms with van der Waals surface area (Å²) in [5, 5.41) is 0.